The van der Waals surface area contributed by atoms with Crippen LogP contribution in [0.2, 0.25) is 0 Å². The van der Waals surface area contributed by atoms with Gasteiger partial charge in [-0.3, -0.25) is 0 Å². The lowest BCUT2D eigenvalue weighted by Crippen LogP contribution is -2.26. The second-order valence-electron chi connectivity index (χ2n) is 5.71. The van der Waals surface area contributed by atoms with Crippen LogP contribution in [0.5, 0.6) is 0 Å². The van der Waals surface area contributed by atoms with Crippen LogP contribution in [0, 0.1) is 11.3 Å². The van der Waals surface area contributed by atoms with Crippen LogP contribution in [0.15, 0.2) is 12.5 Å². The number of rotatable bonds is 6. The summed E-state index contributed by atoms with van der Waals surface area (Å²) >= 11 is 0. The van der Waals surface area contributed by atoms with Gasteiger partial charge in [-0.1, -0.05) is 27.7 Å². The van der Waals surface area contributed by atoms with E-state index in [1.165, 1.54) is 12.5 Å². The molecule has 0 bridgehead atoms. The smallest absolute Gasteiger partial charge is 0.341 e. The molecule has 5 nitrogen and oxygen atoms in total. The lowest BCUT2D eigenvalue weighted by molar-refractivity contribution is 0.0697. The molecule has 0 aliphatic heterocycles. The molecule has 0 unspecified atom stereocenters. The Morgan fingerprint density at radius 1 is 1.50 bits per heavy atom. The number of carboxylic acid groups (broad SMARTS) is 1. The van der Waals surface area contributed by atoms with Crippen LogP contribution in [0.1, 0.15) is 44.5 Å². The zero-order chi connectivity index (χ0) is 13.8. The van der Waals surface area contributed by atoms with Crippen molar-refractivity contribution >= 4 is 11.8 Å². The number of carbonyl (C=O) groups is 1. The maximum atomic E-state index is 11.0. The molecule has 0 radical (unpaired) electrons. The fourth-order valence-electron chi connectivity index (χ4n) is 2.13. The Kier molecular flexibility index (Phi) is 4.64. The Morgan fingerprint density at radius 3 is 2.72 bits per heavy atom. The van der Waals surface area contributed by atoms with Gasteiger partial charge in [0.15, 0.2) is 0 Å². The number of nitrogens with zero attached hydrogens (tertiary/aromatic N) is 2. The van der Waals surface area contributed by atoms with Crippen molar-refractivity contribution in [1.29, 1.82) is 0 Å². The minimum Gasteiger partial charge on any atom is -0.477 e. The summed E-state index contributed by atoms with van der Waals surface area (Å²) in [5, 5.41) is 12.1. The van der Waals surface area contributed by atoms with Crippen molar-refractivity contribution in [1.82, 2.24) is 9.97 Å². The van der Waals surface area contributed by atoms with Crippen LogP contribution in [0.4, 0.5) is 5.82 Å². The van der Waals surface area contributed by atoms with Gasteiger partial charge in [0.25, 0.3) is 0 Å². The maximum absolute atomic E-state index is 11.0. The highest BCUT2D eigenvalue weighted by molar-refractivity contribution is 5.92. The first kappa shape index (κ1) is 14.4. The molecule has 0 spiro atoms. The molecule has 5 heteroatoms. The Bertz CT molecular complexity index is 416. The molecular formula is C13H21N3O2. The summed E-state index contributed by atoms with van der Waals surface area (Å²) in [4.78, 5) is 18.7. The third kappa shape index (κ3) is 4.31. The number of aromatic carboxylic acids is 1. The van der Waals surface area contributed by atoms with Crippen molar-refractivity contribution in [2.24, 2.45) is 11.3 Å². The first-order valence-corrected chi connectivity index (χ1v) is 6.09. The van der Waals surface area contributed by atoms with Gasteiger partial charge in [-0.15, -0.1) is 0 Å². The highest BCUT2D eigenvalue weighted by Gasteiger charge is 2.20. The molecule has 0 amide bonds. The van der Waals surface area contributed by atoms with Crippen LogP contribution in [-0.4, -0.2) is 27.6 Å². The van der Waals surface area contributed by atoms with Crippen LogP contribution in [0.3, 0.4) is 0 Å². The van der Waals surface area contributed by atoms with Gasteiger partial charge in [0.1, 0.15) is 17.7 Å². The molecule has 0 saturated carbocycles. The largest absolute Gasteiger partial charge is 0.477 e. The van der Waals surface area contributed by atoms with Gasteiger partial charge in [0.2, 0.25) is 0 Å². The van der Waals surface area contributed by atoms with Crippen molar-refractivity contribution < 1.29 is 9.90 Å². The minimum atomic E-state index is -1.01. The molecule has 1 aromatic rings. The average molecular weight is 251 g/mol. The molecule has 0 aromatic carbocycles. The summed E-state index contributed by atoms with van der Waals surface area (Å²) in [6, 6.07) is 0. The first-order chi connectivity index (χ1) is 8.32. The van der Waals surface area contributed by atoms with Crippen LogP contribution >= 0.6 is 0 Å². The molecular weight excluding hydrogens is 230 g/mol. The highest BCUT2D eigenvalue weighted by atomic mass is 16.4. The predicted molar refractivity (Wildman–Crippen MR) is 70.7 cm³/mol. The second-order valence-corrected chi connectivity index (χ2v) is 5.71. The number of anilines is 1. The van der Waals surface area contributed by atoms with Crippen molar-refractivity contribution in [3.05, 3.63) is 18.1 Å². The van der Waals surface area contributed by atoms with Crippen molar-refractivity contribution in [3.63, 3.8) is 0 Å². The Balaban J connectivity index is 2.71. The van der Waals surface area contributed by atoms with Gasteiger partial charge < -0.3 is 10.4 Å². The van der Waals surface area contributed by atoms with Gasteiger partial charge in [-0.25, -0.2) is 14.8 Å². The summed E-state index contributed by atoms with van der Waals surface area (Å²) in [5.74, 6) is -0.0276. The molecule has 100 valence electrons. The van der Waals surface area contributed by atoms with E-state index in [0.29, 0.717) is 18.3 Å². The normalized spacial score (nSPS) is 11.6. The summed E-state index contributed by atoms with van der Waals surface area (Å²) in [7, 11) is 0. The second kappa shape index (κ2) is 5.80. The Morgan fingerprint density at radius 2 is 2.17 bits per heavy atom. The van der Waals surface area contributed by atoms with Crippen LogP contribution < -0.4 is 5.32 Å². The molecule has 18 heavy (non-hydrogen) atoms. The monoisotopic (exact) mass is 251 g/mol. The van der Waals surface area contributed by atoms with Gasteiger partial charge >= 0.3 is 5.97 Å². The van der Waals surface area contributed by atoms with Crippen LogP contribution in [0.25, 0.3) is 0 Å². The van der Waals surface area contributed by atoms with Gasteiger partial charge in [0.05, 0.1) is 0 Å². The van der Waals surface area contributed by atoms with E-state index in [4.69, 9.17) is 5.11 Å². The van der Waals surface area contributed by atoms with E-state index in [-0.39, 0.29) is 11.0 Å². The molecule has 2 N–H and O–H groups in total. The zero-order valence-corrected chi connectivity index (χ0v) is 11.4. The topological polar surface area (TPSA) is 75.1 Å². The fourth-order valence-corrected chi connectivity index (χ4v) is 2.13. The zero-order valence-electron chi connectivity index (χ0n) is 11.4. The standard InChI is InChI=1S/C13H21N3O2/c1-9(2)5-13(3,4)7-15-11-10(12(17)18)6-14-8-16-11/h6,8-9H,5,7H2,1-4H3,(H,17,18)(H,14,15,16). The van der Waals surface area contributed by atoms with E-state index < -0.39 is 5.97 Å². The van der Waals surface area contributed by atoms with E-state index in [1.807, 2.05) is 0 Å². The van der Waals surface area contributed by atoms with Crippen LogP contribution in [-0.2, 0) is 0 Å². The molecule has 1 heterocycles. The number of carboxylic acids is 1. The number of nitrogens with one attached hydrogen (secondary N) is 1. The Hall–Kier alpha value is -1.65. The summed E-state index contributed by atoms with van der Waals surface area (Å²) < 4.78 is 0. The Labute approximate surface area is 108 Å². The van der Waals surface area contributed by atoms with Gasteiger partial charge in [0, 0.05) is 12.7 Å². The minimum absolute atomic E-state index is 0.0922. The molecule has 0 aliphatic rings. The quantitative estimate of drug-likeness (QED) is 0.813. The van der Waals surface area contributed by atoms with E-state index in [9.17, 15) is 4.79 Å². The maximum Gasteiger partial charge on any atom is 0.341 e. The lowest BCUT2D eigenvalue weighted by Gasteiger charge is -2.27. The van der Waals surface area contributed by atoms with E-state index in [1.54, 1.807) is 0 Å². The summed E-state index contributed by atoms with van der Waals surface area (Å²) in [6.45, 7) is 9.34. The highest BCUT2D eigenvalue weighted by Crippen LogP contribution is 2.25. The van der Waals surface area contributed by atoms with Crippen molar-refractivity contribution in [2.45, 2.75) is 34.1 Å². The molecule has 1 aromatic heterocycles. The fraction of sp³-hybridized carbons (Fsp3) is 0.615. The van der Waals surface area contributed by atoms with E-state index >= 15 is 0 Å². The molecule has 0 saturated heterocycles. The summed E-state index contributed by atoms with van der Waals surface area (Å²) in [5.41, 5.74) is 0.201. The van der Waals surface area contributed by atoms with E-state index in [0.717, 1.165) is 6.42 Å². The third-order valence-corrected chi connectivity index (χ3v) is 2.64. The number of hydrogen-bond acceptors (Lipinski definition) is 4. The van der Waals surface area contributed by atoms with E-state index in [2.05, 4.69) is 43.0 Å². The molecule has 0 fully saturated rings. The third-order valence-electron chi connectivity index (χ3n) is 2.64. The average Bonchev–Trinajstić information content (AvgIpc) is 2.25. The van der Waals surface area contributed by atoms with Gasteiger partial charge in [-0.05, 0) is 17.8 Å². The van der Waals surface area contributed by atoms with Gasteiger partial charge in [-0.2, -0.15) is 0 Å². The number of hydrogen-bond donors (Lipinski definition) is 2. The number of aromatic nitrogens is 2. The summed E-state index contributed by atoms with van der Waals surface area (Å²) in [6.07, 6.45) is 3.73. The SMILES string of the molecule is CC(C)CC(C)(C)CNc1ncncc1C(=O)O. The molecule has 0 atom stereocenters. The molecule has 0 aliphatic carbocycles. The first-order valence-electron chi connectivity index (χ1n) is 6.09. The van der Waals surface area contributed by atoms with Crippen molar-refractivity contribution in [3.8, 4) is 0 Å². The van der Waals surface area contributed by atoms with Crippen molar-refractivity contribution in [2.75, 3.05) is 11.9 Å². The lowest BCUT2D eigenvalue weighted by atomic mass is 9.84. The molecule has 1 rings (SSSR count). The predicted octanol–water partition coefficient (Wildman–Crippen LogP) is 2.66.